The Morgan fingerprint density at radius 2 is 1.49 bits per heavy atom. The Hall–Kier alpha value is -4.02. The van der Waals surface area contributed by atoms with Gasteiger partial charge >= 0.3 is 0 Å². The number of hydroxylamine groups is 4. The first-order valence-electron chi connectivity index (χ1n) is 12.1. The van der Waals surface area contributed by atoms with E-state index in [0.717, 1.165) is 5.56 Å². The molecule has 0 unspecified atom stereocenters. The number of carbonyl (C=O) groups is 4. The summed E-state index contributed by atoms with van der Waals surface area (Å²) in [5.74, 6) is -7.72. The highest BCUT2D eigenvalue weighted by atomic mass is 16.5. The van der Waals surface area contributed by atoms with Gasteiger partial charge in [0.25, 0.3) is 23.6 Å². The molecule has 10 heteroatoms. The Morgan fingerprint density at radius 1 is 0.811 bits per heavy atom. The van der Waals surface area contributed by atoms with Crippen molar-refractivity contribution in [2.24, 2.45) is 29.6 Å². The molecule has 1 saturated carbocycles. The smallest absolute Gasteiger partial charge is 0.258 e. The van der Waals surface area contributed by atoms with Crippen LogP contribution in [0.1, 0.15) is 29.9 Å². The summed E-state index contributed by atoms with van der Waals surface area (Å²) in [6.45, 7) is 0.282. The molecule has 0 spiro atoms. The van der Waals surface area contributed by atoms with Crippen LogP contribution < -0.4 is 4.74 Å². The van der Waals surface area contributed by atoms with E-state index in [1.165, 1.54) is 6.07 Å². The number of benzene rings is 2. The lowest BCUT2D eigenvalue weighted by Crippen LogP contribution is -2.43. The summed E-state index contributed by atoms with van der Waals surface area (Å²) in [7, 11) is 0. The van der Waals surface area contributed by atoms with Crippen LogP contribution in [0.25, 0.3) is 0 Å². The van der Waals surface area contributed by atoms with E-state index in [0.29, 0.717) is 16.9 Å². The average Bonchev–Trinajstić information content (AvgIpc) is 3.26. The van der Waals surface area contributed by atoms with Gasteiger partial charge in [0.05, 0.1) is 23.7 Å². The summed E-state index contributed by atoms with van der Waals surface area (Å²) in [4.78, 5) is 51.0. The highest BCUT2D eigenvalue weighted by Crippen LogP contribution is 2.58. The molecule has 4 aliphatic rings. The Labute approximate surface area is 211 Å². The van der Waals surface area contributed by atoms with Gasteiger partial charge in [-0.25, -0.2) is 0 Å². The fourth-order valence-corrected chi connectivity index (χ4v) is 6.52. The number of phenols is 1. The van der Waals surface area contributed by atoms with E-state index in [-0.39, 0.29) is 35.3 Å². The van der Waals surface area contributed by atoms with E-state index in [2.05, 4.69) is 0 Å². The fraction of sp³-hybridized carbons (Fsp3) is 0.333. The molecule has 0 bridgehead atoms. The highest BCUT2D eigenvalue weighted by Gasteiger charge is 2.62. The van der Waals surface area contributed by atoms with Crippen molar-refractivity contribution < 1.29 is 39.4 Å². The first kappa shape index (κ1) is 23.4. The van der Waals surface area contributed by atoms with Crippen molar-refractivity contribution in [2.75, 3.05) is 0 Å². The molecule has 6 rings (SSSR count). The summed E-state index contributed by atoms with van der Waals surface area (Å²) in [6, 6.07) is 14.2. The van der Waals surface area contributed by atoms with Gasteiger partial charge in [-0.15, -0.1) is 0 Å². The number of allylic oxidation sites excluding steroid dienone is 2. The van der Waals surface area contributed by atoms with Crippen LogP contribution in [0.4, 0.5) is 0 Å². The molecule has 10 nitrogen and oxygen atoms in total. The molecule has 2 aliphatic heterocycles. The van der Waals surface area contributed by atoms with Gasteiger partial charge in [0.2, 0.25) is 0 Å². The number of rotatable bonds is 4. The molecule has 2 aromatic carbocycles. The molecule has 0 aromatic heterocycles. The number of carbonyl (C=O) groups excluding carboxylic acids is 4. The van der Waals surface area contributed by atoms with Crippen LogP contribution in [0.3, 0.4) is 0 Å². The van der Waals surface area contributed by atoms with Crippen LogP contribution >= 0.6 is 0 Å². The van der Waals surface area contributed by atoms with Crippen molar-refractivity contribution in [1.29, 1.82) is 0 Å². The number of nitrogens with zero attached hydrogens (tertiary/aromatic N) is 2. The van der Waals surface area contributed by atoms with Crippen molar-refractivity contribution in [2.45, 2.75) is 25.4 Å². The Morgan fingerprint density at radius 3 is 2.19 bits per heavy atom. The molecule has 0 radical (unpaired) electrons. The number of ether oxygens (including phenoxy) is 1. The van der Waals surface area contributed by atoms with Crippen molar-refractivity contribution in [1.82, 2.24) is 10.1 Å². The van der Waals surface area contributed by atoms with E-state index in [1.807, 2.05) is 30.3 Å². The van der Waals surface area contributed by atoms with Gasteiger partial charge in [-0.3, -0.25) is 29.6 Å². The second-order valence-corrected chi connectivity index (χ2v) is 10.00. The normalized spacial score (nSPS) is 30.7. The van der Waals surface area contributed by atoms with E-state index < -0.39 is 59.1 Å². The predicted molar refractivity (Wildman–Crippen MR) is 124 cm³/mol. The maximum Gasteiger partial charge on any atom is 0.258 e. The molecule has 37 heavy (non-hydrogen) atoms. The second kappa shape index (κ2) is 8.53. The second-order valence-electron chi connectivity index (χ2n) is 10.00. The first-order valence-corrected chi connectivity index (χ1v) is 12.1. The molecular weight excluding hydrogens is 480 g/mol. The predicted octanol–water partition coefficient (Wildman–Crippen LogP) is 2.39. The van der Waals surface area contributed by atoms with E-state index in [9.17, 15) is 34.7 Å². The van der Waals surface area contributed by atoms with Crippen LogP contribution in [-0.2, 0) is 25.8 Å². The number of hydrogen-bond donors (Lipinski definition) is 3. The van der Waals surface area contributed by atoms with Gasteiger partial charge in [-0.1, -0.05) is 48.0 Å². The third-order valence-electron chi connectivity index (χ3n) is 8.19. The van der Waals surface area contributed by atoms with Gasteiger partial charge in [0, 0.05) is 17.5 Å². The van der Waals surface area contributed by atoms with Gasteiger partial charge in [0.1, 0.15) is 18.1 Å². The number of phenolic OH excluding ortho intramolecular Hbond substituents is 1. The summed E-state index contributed by atoms with van der Waals surface area (Å²) < 4.78 is 5.80. The molecule has 3 N–H and O–H groups in total. The van der Waals surface area contributed by atoms with Gasteiger partial charge in [0.15, 0.2) is 0 Å². The van der Waals surface area contributed by atoms with Crippen molar-refractivity contribution in [3.63, 3.8) is 0 Å². The Bertz CT molecular complexity index is 1360. The number of hydrogen-bond acceptors (Lipinski definition) is 8. The zero-order valence-electron chi connectivity index (χ0n) is 19.6. The summed E-state index contributed by atoms with van der Waals surface area (Å²) in [5, 5.41) is 31.5. The van der Waals surface area contributed by atoms with Crippen LogP contribution in [0, 0.1) is 29.6 Å². The summed E-state index contributed by atoms with van der Waals surface area (Å²) >= 11 is 0. The Balaban J connectivity index is 1.38. The largest absolute Gasteiger partial charge is 0.508 e. The topological polar surface area (TPSA) is 145 Å². The molecule has 190 valence electrons. The monoisotopic (exact) mass is 504 g/mol. The average molecular weight is 504 g/mol. The summed E-state index contributed by atoms with van der Waals surface area (Å²) in [5.41, 5.74) is 1.94. The molecule has 2 heterocycles. The van der Waals surface area contributed by atoms with Gasteiger partial charge in [-0.2, -0.15) is 10.1 Å². The maximum absolute atomic E-state index is 13.0. The SMILES string of the molecule is O=C1[C@H]2[C@H](CC=C3[C@H]2C[C@H]2C(=O)N(O)C(=O)[C@H]2[C@H]3c2ccc(OCc3ccccc3)cc2O)C(=O)N1O. The third kappa shape index (κ3) is 3.47. The lowest BCUT2D eigenvalue weighted by molar-refractivity contribution is -0.174. The van der Waals surface area contributed by atoms with Crippen molar-refractivity contribution >= 4 is 23.6 Å². The standard InChI is InChI=1S/C27H24N2O8/c30-20-10-14(37-12-13-4-2-1-3-5-13)6-7-16(20)21-15-8-9-17-22(26(33)28(35)24(17)31)18(15)11-19-23(21)27(34)29(36)25(19)32/h1-8,10,17-19,21-23,30,35-36H,9,11-12H2/t17-,18+,19+,21+,22-,23+/m0/s1. The number of amides is 4. The number of fused-ring (bicyclic) bond motifs is 4. The van der Waals surface area contributed by atoms with Gasteiger partial charge < -0.3 is 9.84 Å². The van der Waals surface area contributed by atoms with Crippen LogP contribution in [-0.4, -0.2) is 49.3 Å². The van der Waals surface area contributed by atoms with Crippen LogP contribution in [0.5, 0.6) is 11.5 Å². The highest BCUT2D eigenvalue weighted by molar-refractivity contribution is 6.06. The third-order valence-corrected chi connectivity index (χ3v) is 8.19. The van der Waals surface area contributed by atoms with Crippen LogP contribution in [0.15, 0.2) is 60.2 Å². The van der Waals surface area contributed by atoms with Crippen molar-refractivity contribution in [3.05, 3.63) is 71.3 Å². The zero-order valence-corrected chi connectivity index (χ0v) is 19.6. The quantitative estimate of drug-likeness (QED) is 0.327. The molecule has 6 atom stereocenters. The van der Waals surface area contributed by atoms with Crippen LogP contribution in [0.2, 0.25) is 0 Å². The molecular formula is C27H24N2O8. The fourth-order valence-electron chi connectivity index (χ4n) is 6.52. The summed E-state index contributed by atoms with van der Waals surface area (Å²) in [6.07, 6.45) is 2.02. The van der Waals surface area contributed by atoms with E-state index in [1.54, 1.807) is 18.2 Å². The van der Waals surface area contributed by atoms with E-state index in [4.69, 9.17) is 4.74 Å². The lowest BCUT2D eigenvalue weighted by Gasteiger charge is -2.43. The van der Waals surface area contributed by atoms with Crippen molar-refractivity contribution in [3.8, 4) is 11.5 Å². The van der Waals surface area contributed by atoms with Gasteiger partial charge in [-0.05, 0) is 30.4 Å². The zero-order chi connectivity index (χ0) is 26.0. The number of imide groups is 2. The lowest BCUT2D eigenvalue weighted by atomic mass is 9.57. The maximum atomic E-state index is 13.0. The minimum absolute atomic E-state index is 0.0711. The molecule has 2 aliphatic carbocycles. The first-order chi connectivity index (χ1) is 17.8. The molecule has 2 aromatic rings. The number of aromatic hydroxyl groups is 1. The molecule has 4 amide bonds. The van der Waals surface area contributed by atoms with E-state index >= 15 is 0 Å². The molecule has 2 saturated heterocycles. The minimum atomic E-state index is -0.976. The Kier molecular flexibility index (Phi) is 5.39. The molecule has 3 fully saturated rings. The minimum Gasteiger partial charge on any atom is -0.508 e.